The van der Waals surface area contributed by atoms with Gasteiger partial charge in [0.05, 0.1) is 0 Å². The van der Waals surface area contributed by atoms with Crippen LogP contribution in [-0.2, 0) is 14.4 Å². The van der Waals surface area contributed by atoms with Crippen LogP contribution in [0.15, 0.2) is 72.9 Å². The summed E-state index contributed by atoms with van der Waals surface area (Å²) in [6, 6.07) is -1.09. The van der Waals surface area contributed by atoms with Crippen LogP contribution < -0.4 is 11.1 Å². The van der Waals surface area contributed by atoms with E-state index in [1.165, 1.54) is 0 Å². The Bertz CT molecular complexity index is 730. The number of carbonyl (C=O) groups is 3. The molecular formula is C27H40N2O4. The third-order valence-electron chi connectivity index (χ3n) is 4.45. The molecule has 0 radical (unpaired) electrons. The Labute approximate surface area is 198 Å². The molecule has 0 aliphatic rings. The van der Waals surface area contributed by atoms with Gasteiger partial charge >= 0.3 is 5.97 Å². The molecule has 0 rings (SSSR count). The summed E-state index contributed by atoms with van der Waals surface area (Å²) in [6.45, 7) is 2.14. The monoisotopic (exact) mass is 456 g/mol. The number of rotatable bonds is 19. The second-order valence-electron chi connectivity index (χ2n) is 7.42. The first-order chi connectivity index (χ1) is 16.0. The molecular weight excluding hydrogens is 416 g/mol. The molecule has 0 unspecified atom stereocenters. The molecule has 0 aromatic rings. The van der Waals surface area contributed by atoms with Gasteiger partial charge in [-0.2, -0.15) is 0 Å². The molecule has 0 aromatic carbocycles. The molecule has 0 aliphatic heterocycles. The summed E-state index contributed by atoms with van der Waals surface area (Å²) < 4.78 is 0. The average Bonchev–Trinajstić information content (AvgIpc) is 2.77. The van der Waals surface area contributed by atoms with Crippen molar-refractivity contribution in [2.24, 2.45) is 5.73 Å². The third-order valence-corrected chi connectivity index (χ3v) is 4.45. The van der Waals surface area contributed by atoms with E-state index in [1.807, 2.05) is 12.2 Å². The van der Waals surface area contributed by atoms with Crippen molar-refractivity contribution in [1.29, 1.82) is 0 Å². The molecule has 0 saturated carbocycles. The molecule has 0 saturated heterocycles. The van der Waals surface area contributed by atoms with E-state index in [-0.39, 0.29) is 25.2 Å². The lowest BCUT2D eigenvalue weighted by Crippen LogP contribution is -2.41. The first-order valence-electron chi connectivity index (χ1n) is 11.7. The van der Waals surface area contributed by atoms with E-state index in [0.29, 0.717) is 6.42 Å². The van der Waals surface area contributed by atoms with Crippen molar-refractivity contribution in [2.75, 3.05) is 0 Å². The number of carbonyl (C=O) groups excluding carboxylic acids is 2. The van der Waals surface area contributed by atoms with E-state index >= 15 is 0 Å². The highest BCUT2D eigenvalue weighted by Gasteiger charge is 2.19. The maximum Gasteiger partial charge on any atom is 0.326 e. The lowest BCUT2D eigenvalue weighted by Gasteiger charge is -2.13. The molecule has 0 bridgehead atoms. The molecule has 182 valence electrons. The number of nitrogens with one attached hydrogen (secondary N) is 1. The van der Waals surface area contributed by atoms with Crippen molar-refractivity contribution in [3.8, 4) is 0 Å². The number of amides is 2. The topological polar surface area (TPSA) is 109 Å². The molecule has 6 heteroatoms. The van der Waals surface area contributed by atoms with Gasteiger partial charge in [-0.3, -0.25) is 9.59 Å². The van der Waals surface area contributed by atoms with Crippen molar-refractivity contribution >= 4 is 17.8 Å². The Morgan fingerprint density at radius 2 is 1.15 bits per heavy atom. The summed E-state index contributed by atoms with van der Waals surface area (Å²) >= 11 is 0. The predicted molar refractivity (Wildman–Crippen MR) is 135 cm³/mol. The lowest BCUT2D eigenvalue weighted by atomic mass is 10.1. The second-order valence-corrected chi connectivity index (χ2v) is 7.42. The van der Waals surface area contributed by atoms with Crippen molar-refractivity contribution in [1.82, 2.24) is 5.32 Å². The van der Waals surface area contributed by atoms with Crippen LogP contribution in [0.4, 0.5) is 0 Å². The van der Waals surface area contributed by atoms with Crippen molar-refractivity contribution in [3.63, 3.8) is 0 Å². The Morgan fingerprint density at radius 1 is 0.727 bits per heavy atom. The van der Waals surface area contributed by atoms with Gasteiger partial charge in [0.15, 0.2) is 0 Å². The smallest absolute Gasteiger partial charge is 0.326 e. The van der Waals surface area contributed by atoms with E-state index in [1.54, 1.807) is 0 Å². The molecule has 2 amide bonds. The zero-order valence-electron chi connectivity index (χ0n) is 19.8. The summed E-state index contributed by atoms with van der Waals surface area (Å²) in [5.41, 5.74) is 5.02. The normalized spacial score (nSPS) is 13.4. The molecule has 0 spiro atoms. The zero-order valence-corrected chi connectivity index (χ0v) is 19.8. The van der Waals surface area contributed by atoms with Gasteiger partial charge in [0.25, 0.3) is 0 Å². The van der Waals surface area contributed by atoms with Gasteiger partial charge < -0.3 is 16.2 Å². The van der Waals surface area contributed by atoms with Crippen molar-refractivity contribution < 1.29 is 19.5 Å². The van der Waals surface area contributed by atoms with Crippen LogP contribution in [0.25, 0.3) is 0 Å². The minimum Gasteiger partial charge on any atom is -0.480 e. The van der Waals surface area contributed by atoms with Crippen LogP contribution in [0.5, 0.6) is 0 Å². The fraction of sp³-hybridized carbons (Fsp3) is 0.444. The SMILES string of the molecule is CC/C=C\C/C=C\C/C=C\C/C=C\C/C=C\C/C=C\CCC(=O)N[C@@H](CCC(N)=O)C(=O)O. The van der Waals surface area contributed by atoms with Crippen LogP contribution in [0, 0.1) is 0 Å². The summed E-state index contributed by atoms with van der Waals surface area (Å²) in [6.07, 6.45) is 31.7. The van der Waals surface area contributed by atoms with Gasteiger partial charge in [-0.05, 0) is 51.4 Å². The minimum atomic E-state index is -1.17. The van der Waals surface area contributed by atoms with Gasteiger partial charge in [0.2, 0.25) is 11.8 Å². The fourth-order valence-corrected chi connectivity index (χ4v) is 2.66. The molecule has 1 atom stereocenters. The van der Waals surface area contributed by atoms with Gasteiger partial charge in [-0.25, -0.2) is 4.79 Å². The van der Waals surface area contributed by atoms with Crippen LogP contribution in [0.1, 0.15) is 71.1 Å². The van der Waals surface area contributed by atoms with E-state index in [9.17, 15) is 14.4 Å². The van der Waals surface area contributed by atoms with Gasteiger partial charge in [0.1, 0.15) is 6.04 Å². The number of hydrogen-bond acceptors (Lipinski definition) is 3. The molecule has 6 nitrogen and oxygen atoms in total. The first-order valence-corrected chi connectivity index (χ1v) is 11.7. The van der Waals surface area contributed by atoms with Crippen molar-refractivity contribution in [3.05, 3.63) is 72.9 Å². The van der Waals surface area contributed by atoms with Gasteiger partial charge in [0, 0.05) is 12.8 Å². The predicted octanol–water partition coefficient (Wildman–Crippen LogP) is 5.30. The molecule has 0 aliphatic carbocycles. The van der Waals surface area contributed by atoms with Crippen molar-refractivity contribution in [2.45, 2.75) is 77.2 Å². The standard InChI is InChI=1S/C27H40N2O4/c1-2-3-4-5-6-7-8-9-10-11-12-13-14-15-16-17-18-19-20-21-26(31)29-24(27(32)33)22-23-25(28)30/h3-4,6-7,9-10,12-13,15-16,18-19,24H,2,5,8,11,14,17,20-23H2,1H3,(H2,28,30)(H,29,31)(H,32,33)/b4-3-,7-6-,10-9-,13-12-,16-15-,19-18-/t24-/m0/s1. The Morgan fingerprint density at radius 3 is 1.55 bits per heavy atom. The molecule has 33 heavy (non-hydrogen) atoms. The second kappa shape index (κ2) is 22.1. The van der Waals surface area contributed by atoms with E-state index in [2.05, 4.69) is 73.0 Å². The van der Waals surface area contributed by atoms with Crippen LogP contribution in [0.3, 0.4) is 0 Å². The van der Waals surface area contributed by atoms with E-state index < -0.39 is 17.9 Å². The summed E-state index contributed by atoms with van der Waals surface area (Å²) in [5, 5.41) is 11.5. The number of nitrogens with two attached hydrogens (primary N) is 1. The summed E-state index contributed by atoms with van der Waals surface area (Å²) in [7, 11) is 0. The Hall–Kier alpha value is -3.15. The highest BCUT2D eigenvalue weighted by molar-refractivity contribution is 5.84. The number of carboxylic acid groups (broad SMARTS) is 1. The van der Waals surface area contributed by atoms with Gasteiger partial charge in [-0.15, -0.1) is 0 Å². The molecule has 4 N–H and O–H groups in total. The highest BCUT2D eigenvalue weighted by Crippen LogP contribution is 2.01. The molecule has 0 aromatic heterocycles. The quantitative estimate of drug-likeness (QED) is 0.229. The minimum absolute atomic E-state index is 0.00365. The first kappa shape index (κ1) is 29.9. The number of hydrogen-bond donors (Lipinski definition) is 3. The average molecular weight is 457 g/mol. The summed E-state index contributed by atoms with van der Waals surface area (Å²) in [5.74, 6) is -2.11. The number of aliphatic carboxylic acids is 1. The fourth-order valence-electron chi connectivity index (χ4n) is 2.66. The van der Waals surface area contributed by atoms with E-state index in [4.69, 9.17) is 10.8 Å². The zero-order chi connectivity index (χ0) is 24.6. The van der Waals surface area contributed by atoms with Crippen LogP contribution >= 0.6 is 0 Å². The number of allylic oxidation sites excluding steroid dienone is 12. The molecule has 0 fully saturated rings. The highest BCUT2D eigenvalue weighted by atomic mass is 16.4. The van der Waals surface area contributed by atoms with E-state index in [0.717, 1.165) is 38.5 Å². The molecule has 0 heterocycles. The van der Waals surface area contributed by atoms with Crippen LogP contribution in [-0.4, -0.2) is 28.9 Å². The lowest BCUT2D eigenvalue weighted by molar-refractivity contribution is -0.142. The largest absolute Gasteiger partial charge is 0.480 e. The van der Waals surface area contributed by atoms with Gasteiger partial charge in [-0.1, -0.05) is 79.8 Å². The third kappa shape index (κ3) is 21.9. The maximum absolute atomic E-state index is 11.8. The number of carboxylic acids is 1. The van der Waals surface area contributed by atoms with Crippen LogP contribution in [0.2, 0.25) is 0 Å². The Kier molecular flexibility index (Phi) is 20.0. The Balaban J connectivity index is 3.82. The maximum atomic E-state index is 11.8. The summed E-state index contributed by atoms with van der Waals surface area (Å²) in [4.78, 5) is 33.7. The number of primary amides is 1.